The quantitative estimate of drug-likeness (QED) is 0.332. The minimum atomic E-state index is 0.00797. The second-order valence-corrected chi connectivity index (χ2v) is 8.63. The number of nitrogens with zero attached hydrogens (tertiary/aromatic N) is 3. The van der Waals surface area contributed by atoms with Gasteiger partial charge in [0.1, 0.15) is 5.82 Å². The number of fused-ring (bicyclic) bond motifs is 1. The molecular formula is C26H28N4O2S. The number of aromatic nitrogens is 2. The number of para-hydroxylation sites is 1. The second-order valence-electron chi connectivity index (χ2n) is 7.68. The van der Waals surface area contributed by atoms with Crippen molar-refractivity contribution in [3.63, 3.8) is 0 Å². The Balaban J connectivity index is 1.64. The Morgan fingerprint density at radius 1 is 1.00 bits per heavy atom. The number of nitrogens with one attached hydrogen (secondary N) is 1. The van der Waals surface area contributed by atoms with Crippen molar-refractivity contribution in [2.45, 2.75) is 12.8 Å². The molecule has 170 valence electrons. The molecule has 0 unspecified atom stereocenters. The van der Waals surface area contributed by atoms with Gasteiger partial charge in [-0.3, -0.25) is 4.79 Å². The zero-order chi connectivity index (χ0) is 22.9. The van der Waals surface area contributed by atoms with Crippen molar-refractivity contribution in [1.82, 2.24) is 15.3 Å². The number of rotatable bonds is 11. The van der Waals surface area contributed by atoms with Gasteiger partial charge < -0.3 is 15.0 Å². The summed E-state index contributed by atoms with van der Waals surface area (Å²) in [6.45, 7) is 2.33. The molecule has 6 nitrogen and oxygen atoms in total. The molecule has 0 aliphatic heterocycles. The first-order valence-corrected chi connectivity index (χ1v) is 12.0. The maximum Gasteiger partial charge on any atom is 0.221 e. The molecule has 0 fully saturated rings. The van der Waals surface area contributed by atoms with E-state index in [9.17, 15) is 4.79 Å². The lowest BCUT2D eigenvalue weighted by molar-refractivity contribution is -0.121. The van der Waals surface area contributed by atoms with Gasteiger partial charge in [0, 0.05) is 38.6 Å². The highest BCUT2D eigenvalue weighted by atomic mass is 32.1. The van der Waals surface area contributed by atoms with E-state index < -0.39 is 0 Å². The molecule has 0 radical (unpaired) electrons. The van der Waals surface area contributed by atoms with Gasteiger partial charge in [0.15, 0.2) is 5.82 Å². The molecule has 0 aliphatic rings. The smallest absolute Gasteiger partial charge is 0.221 e. The lowest BCUT2D eigenvalue weighted by Crippen LogP contribution is -2.34. The molecule has 4 rings (SSSR count). The first kappa shape index (κ1) is 22.9. The third-order valence-electron chi connectivity index (χ3n) is 5.37. The highest BCUT2D eigenvalue weighted by molar-refractivity contribution is 7.13. The summed E-state index contributed by atoms with van der Waals surface area (Å²) in [4.78, 5) is 25.4. The molecule has 7 heteroatoms. The fraction of sp³-hybridized carbons (Fsp3) is 0.269. The molecule has 0 saturated carbocycles. The van der Waals surface area contributed by atoms with Crippen LogP contribution in [-0.2, 0) is 16.0 Å². The van der Waals surface area contributed by atoms with E-state index in [2.05, 4.69) is 40.5 Å². The molecule has 33 heavy (non-hydrogen) atoms. The molecular weight excluding hydrogens is 432 g/mol. The molecule has 0 aliphatic carbocycles. The van der Waals surface area contributed by atoms with E-state index in [0.717, 1.165) is 34.6 Å². The molecule has 2 aromatic carbocycles. The van der Waals surface area contributed by atoms with E-state index in [1.54, 1.807) is 18.4 Å². The number of hydrogen-bond acceptors (Lipinski definition) is 6. The number of methoxy groups -OCH3 is 1. The van der Waals surface area contributed by atoms with Crippen LogP contribution in [-0.4, -0.2) is 49.2 Å². The third-order valence-corrected chi connectivity index (χ3v) is 6.24. The van der Waals surface area contributed by atoms with Gasteiger partial charge in [0.05, 0.1) is 17.0 Å². The minimum Gasteiger partial charge on any atom is -0.383 e. The first-order valence-electron chi connectivity index (χ1n) is 11.1. The van der Waals surface area contributed by atoms with Gasteiger partial charge in [-0.25, -0.2) is 9.97 Å². The number of amides is 1. The summed E-state index contributed by atoms with van der Waals surface area (Å²) in [7, 11) is 1.63. The number of hydrogen-bond donors (Lipinski definition) is 1. The SMILES string of the molecule is COCCNC(=O)CCN(CCc1ccccc1)c1nc(-c2cccs2)nc2ccccc12. The molecule has 1 N–H and O–H groups in total. The van der Waals surface area contributed by atoms with Gasteiger partial charge in [0.2, 0.25) is 5.91 Å². The number of carbonyl (C=O) groups is 1. The van der Waals surface area contributed by atoms with Crippen molar-refractivity contribution in [2.24, 2.45) is 0 Å². The van der Waals surface area contributed by atoms with Gasteiger partial charge in [-0.15, -0.1) is 11.3 Å². The van der Waals surface area contributed by atoms with Crippen molar-refractivity contribution in [1.29, 1.82) is 0 Å². The van der Waals surface area contributed by atoms with Gasteiger partial charge >= 0.3 is 0 Å². The van der Waals surface area contributed by atoms with Crippen LogP contribution in [0, 0.1) is 0 Å². The van der Waals surface area contributed by atoms with Crippen LogP contribution in [0.4, 0.5) is 5.82 Å². The lowest BCUT2D eigenvalue weighted by Gasteiger charge is -2.25. The zero-order valence-corrected chi connectivity index (χ0v) is 19.6. The number of thiophene rings is 1. The predicted octanol–water partition coefficient (Wildman–Crippen LogP) is 4.56. The molecule has 0 spiro atoms. The summed E-state index contributed by atoms with van der Waals surface area (Å²) in [6, 6.07) is 22.5. The molecule has 0 bridgehead atoms. The van der Waals surface area contributed by atoms with E-state index in [-0.39, 0.29) is 5.91 Å². The Morgan fingerprint density at radius 2 is 1.82 bits per heavy atom. The molecule has 0 atom stereocenters. The van der Waals surface area contributed by atoms with E-state index in [4.69, 9.17) is 14.7 Å². The zero-order valence-electron chi connectivity index (χ0n) is 18.7. The summed E-state index contributed by atoms with van der Waals surface area (Å²) < 4.78 is 5.03. The summed E-state index contributed by atoms with van der Waals surface area (Å²) >= 11 is 1.63. The van der Waals surface area contributed by atoms with Crippen molar-refractivity contribution in [3.8, 4) is 10.7 Å². The summed E-state index contributed by atoms with van der Waals surface area (Å²) in [5.74, 6) is 1.59. The fourth-order valence-electron chi connectivity index (χ4n) is 3.67. The Hall–Kier alpha value is -3.29. The molecule has 1 amide bonds. The van der Waals surface area contributed by atoms with E-state index in [0.29, 0.717) is 31.9 Å². The van der Waals surface area contributed by atoms with Gasteiger partial charge in [-0.2, -0.15) is 0 Å². The highest BCUT2D eigenvalue weighted by Crippen LogP contribution is 2.29. The standard InChI is InChI=1S/C26H28N4O2S/c1-32-18-15-27-24(31)14-17-30(16-13-20-8-3-2-4-9-20)26-21-10-5-6-11-22(21)28-25(29-26)23-12-7-19-33-23/h2-12,19H,13-18H2,1H3,(H,27,31). The molecule has 4 aromatic rings. The maximum absolute atomic E-state index is 12.4. The average molecular weight is 461 g/mol. The van der Waals surface area contributed by atoms with Crippen molar-refractivity contribution >= 4 is 34.0 Å². The van der Waals surface area contributed by atoms with Crippen LogP contribution < -0.4 is 10.2 Å². The van der Waals surface area contributed by atoms with E-state index in [1.165, 1.54) is 5.56 Å². The van der Waals surface area contributed by atoms with Gasteiger partial charge in [-0.05, 0) is 35.6 Å². The van der Waals surface area contributed by atoms with Crippen LogP contribution in [0.3, 0.4) is 0 Å². The predicted molar refractivity (Wildman–Crippen MR) is 135 cm³/mol. The number of ether oxygens (including phenoxy) is 1. The van der Waals surface area contributed by atoms with Crippen LogP contribution in [0.15, 0.2) is 72.1 Å². The Bertz CT molecular complexity index is 1170. The topological polar surface area (TPSA) is 67.3 Å². The van der Waals surface area contributed by atoms with Crippen LogP contribution in [0.2, 0.25) is 0 Å². The number of benzene rings is 2. The third kappa shape index (κ3) is 6.15. The summed E-state index contributed by atoms with van der Waals surface area (Å²) in [5, 5.41) is 5.94. The lowest BCUT2D eigenvalue weighted by atomic mass is 10.1. The van der Waals surface area contributed by atoms with Crippen LogP contribution in [0.25, 0.3) is 21.6 Å². The van der Waals surface area contributed by atoms with Crippen LogP contribution in [0.5, 0.6) is 0 Å². The highest BCUT2D eigenvalue weighted by Gasteiger charge is 2.17. The largest absolute Gasteiger partial charge is 0.383 e. The number of anilines is 1. The minimum absolute atomic E-state index is 0.00797. The maximum atomic E-state index is 12.4. The monoisotopic (exact) mass is 460 g/mol. The van der Waals surface area contributed by atoms with Crippen LogP contribution >= 0.6 is 11.3 Å². The Morgan fingerprint density at radius 3 is 2.61 bits per heavy atom. The molecule has 2 aromatic heterocycles. The van der Waals surface area contributed by atoms with E-state index >= 15 is 0 Å². The average Bonchev–Trinajstić information content (AvgIpc) is 3.39. The number of carbonyl (C=O) groups excluding carboxylic acids is 1. The summed E-state index contributed by atoms with van der Waals surface area (Å²) in [5.41, 5.74) is 2.16. The first-order chi connectivity index (χ1) is 16.2. The van der Waals surface area contributed by atoms with Gasteiger partial charge in [0.25, 0.3) is 0 Å². The Kier molecular flexibility index (Phi) is 8.00. The van der Waals surface area contributed by atoms with Crippen molar-refractivity contribution in [2.75, 3.05) is 38.3 Å². The van der Waals surface area contributed by atoms with Crippen molar-refractivity contribution < 1.29 is 9.53 Å². The Labute approximate surface area is 198 Å². The second kappa shape index (κ2) is 11.5. The van der Waals surface area contributed by atoms with Crippen molar-refractivity contribution in [3.05, 3.63) is 77.7 Å². The van der Waals surface area contributed by atoms with Gasteiger partial charge in [-0.1, -0.05) is 48.5 Å². The fourth-order valence-corrected chi connectivity index (χ4v) is 4.32. The van der Waals surface area contributed by atoms with Crippen LogP contribution in [0.1, 0.15) is 12.0 Å². The normalized spacial score (nSPS) is 10.9. The molecule has 2 heterocycles. The molecule has 0 saturated heterocycles. The van der Waals surface area contributed by atoms with E-state index in [1.807, 2.05) is 41.8 Å². The summed E-state index contributed by atoms with van der Waals surface area (Å²) in [6.07, 6.45) is 1.24.